The Morgan fingerprint density at radius 3 is 3.00 bits per heavy atom. The first-order valence-corrected chi connectivity index (χ1v) is 9.77. The monoisotopic (exact) mass is 396 g/mol. The van der Waals surface area contributed by atoms with Crippen LogP contribution in [0.25, 0.3) is 0 Å². The second kappa shape index (κ2) is 8.10. The van der Waals surface area contributed by atoms with E-state index in [0.29, 0.717) is 35.4 Å². The molecule has 1 aromatic carbocycles. The van der Waals surface area contributed by atoms with Gasteiger partial charge in [-0.25, -0.2) is 15.0 Å². The van der Waals surface area contributed by atoms with Crippen molar-refractivity contribution >= 4 is 17.5 Å². The number of oxazole rings is 1. The van der Waals surface area contributed by atoms with Gasteiger partial charge in [0.1, 0.15) is 23.3 Å². The van der Waals surface area contributed by atoms with E-state index in [9.17, 15) is 4.79 Å². The van der Waals surface area contributed by atoms with Crippen LogP contribution in [-0.4, -0.2) is 32.3 Å². The number of rotatable bonds is 4. The first kappa shape index (κ1) is 18.6. The molecule has 2 aromatic heterocycles. The number of amides is 1. The molecule has 6 nitrogen and oxygen atoms in total. The number of halogens is 1. The number of aromatic nitrogens is 3. The molecule has 0 saturated carbocycles. The van der Waals surface area contributed by atoms with Gasteiger partial charge in [0.2, 0.25) is 5.89 Å². The van der Waals surface area contributed by atoms with Crippen LogP contribution < -0.4 is 0 Å². The Morgan fingerprint density at radius 2 is 2.18 bits per heavy atom. The smallest absolute Gasteiger partial charge is 0.273 e. The maximum atomic E-state index is 13.0. The number of nitrogens with zero attached hydrogens (tertiary/aromatic N) is 4. The molecule has 0 aliphatic carbocycles. The SMILES string of the molecule is Cc1nccc(C(=O)N2CCCC[C@H]2c2ncc(Cc3cccc(Cl)c3)o2)n1. The molecule has 1 atom stereocenters. The van der Waals surface area contributed by atoms with E-state index < -0.39 is 0 Å². The Kier molecular flexibility index (Phi) is 5.39. The highest BCUT2D eigenvalue weighted by molar-refractivity contribution is 6.30. The molecule has 28 heavy (non-hydrogen) atoms. The highest BCUT2D eigenvalue weighted by Gasteiger charge is 2.32. The number of hydrogen-bond donors (Lipinski definition) is 0. The second-order valence-electron chi connectivity index (χ2n) is 6.97. The number of hydrogen-bond acceptors (Lipinski definition) is 5. The predicted molar refractivity (Wildman–Crippen MR) is 105 cm³/mol. The maximum Gasteiger partial charge on any atom is 0.273 e. The Morgan fingerprint density at radius 1 is 1.29 bits per heavy atom. The van der Waals surface area contributed by atoms with E-state index in [1.165, 1.54) is 0 Å². The van der Waals surface area contributed by atoms with Gasteiger partial charge in [-0.2, -0.15) is 0 Å². The molecule has 0 unspecified atom stereocenters. The summed E-state index contributed by atoms with van der Waals surface area (Å²) < 4.78 is 6.03. The number of carbonyl (C=O) groups excluding carboxylic acids is 1. The molecule has 1 aliphatic rings. The highest BCUT2D eigenvalue weighted by Crippen LogP contribution is 2.32. The van der Waals surface area contributed by atoms with E-state index in [1.807, 2.05) is 29.2 Å². The second-order valence-corrected chi connectivity index (χ2v) is 7.41. The van der Waals surface area contributed by atoms with Crippen molar-refractivity contribution in [3.8, 4) is 0 Å². The van der Waals surface area contributed by atoms with Crippen molar-refractivity contribution in [1.29, 1.82) is 0 Å². The van der Waals surface area contributed by atoms with Crippen molar-refractivity contribution in [3.05, 3.63) is 76.5 Å². The molecular weight excluding hydrogens is 376 g/mol. The average Bonchev–Trinajstić information content (AvgIpc) is 3.16. The Labute approximate surface area is 168 Å². The summed E-state index contributed by atoms with van der Waals surface area (Å²) in [6, 6.07) is 9.16. The minimum absolute atomic E-state index is 0.107. The van der Waals surface area contributed by atoms with Crippen LogP contribution in [-0.2, 0) is 6.42 Å². The summed E-state index contributed by atoms with van der Waals surface area (Å²) in [5, 5.41) is 0.696. The molecule has 0 N–H and O–H groups in total. The van der Waals surface area contributed by atoms with Crippen LogP contribution in [0.4, 0.5) is 0 Å². The molecule has 0 bridgehead atoms. The summed E-state index contributed by atoms with van der Waals surface area (Å²) in [5.74, 6) is 1.81. The molecule has 0 spiro atoms. The zero-order chi connectivity index (χ0) is 19.5. The van der Waals surface area contributed by atoms with E-state index in [2.05, 4.69) is 15.0 Å². The number of likely N-dealkylation sites (tertiary alicyclic amines) is 1. The molecular formula is C21H21ClN4O2. The number of aryl methyl sites for hydroxylation is 1. The molecule has 144 valence electrons. The summed E-state index contributed by atoms with van der Waals surface area (Å²) in [5.41, 5.74) is 1.47. The Balaban J connectivity index is 1.55. The fraction of sp³-hybridized carbons (Fsp3) is 0.333. The van der Waals surface area contributed by atoms with Crippen molar-refractivity contribution in [2.24, 2.45) is 0 Å². The minimum atomic E-state index is -0.176. The fourth-order valence-corrected chi connectivity index (χ4v) is 3.77. The van der Waals surface area contributed by atoms with Gasteiger partial charge in [-0.1, -0.05) is 23.7 Å². The molecule has 4 rings (SSSR count). The number of piperidine rings is 1. The molecule has 3 heterocycles. The van der Waals surface area contributed by atoms with Crippen molar-refractivity contribution < 1.29 is 9.21 Å². The Bertz CT molecular complexity index is 988. The highest BCUT2D eigenvalue weighted by atomic mass is 35.5. The summed E-state index contributed by atoms with van der Waals surface area (Å²) in [6.45, 7) is 2.44. The molecule has 1 aliphatic heterocycles. The molecule has 1 amide bonds. The standard InChI is InChI=1S/C21H21ClN4O2/c1-14-23-9-8-18(25-14)21(27)26-10-3-2-7-19(26)20-24-13-17(28-20)12-15-5-4-6-16(22)11-15/h4-6,8-9,11,13,19H,2-3,7,10,12H2,1H3/t19-/m0/s1. The first-order chi connectivity index (χ1) is 13.6. The first-order valence-electron chi connectivity index (χ1n) is 9.40. The van der Waals surface area contributed by atoms with Crippen molar-refractivity contribution in [2.45, 2.75) is 38.6 Å². The zero-order valence-corrected chi connectivity index (χ0v) is 16.4. The van der Waals surface area contributed by atoms with Gasteiger partial charge < -0.3 is 9.32 Å². The van der Waals surface area contributed by atoms with Crippen LogP contribution in [0.15, 0.2) is 47.1 Å². The maximum absolute atomic E-state index is 13.0. The van der Waals surface area contributed by atoms with E-state index in [-0.39, 0.29) is 11.9 Å². The molecule has 7 heteroatoms. The third kappa shape index (κ3) is 4.07. The van der Waals surface area contributed by atoms with Gasteiger partial charge >= 0.3 is 0 Å². The van der Waals surface area contributed by atoms with Crippen molar-refractivity contribution in [2.75, 3.05) is 6.54 Å². The van der Waals surface area contributed by atoms with Crippen LogP contribution in [0.5, 0.6) is 0 Å². The molecule has 1 fully saturated rings. The van der Waals surface area contributed by atoms with Crippen LogP contribution >= 0.6 is 11.6 Å². The lowest BCUT2D eigenvalue weighted by Crippen LogP contribution is -2.39. The van der Waals surface area contributed by atoms with E-state index >= 15 is 0 Å². The number of benzene rings is 1. The van der Waals surface area contributed by atoms with Crippen LogP contribution in [0, 0.1) is 6.92 Å². The van der Waals surface area contributed by atoms with E-state index in [0.717, 1.165) is 30.6 Å². The molecule has 0 radical (unpaired) electrons. The Hall–Kier alpha value is -2.73. The van der Waals surface area contributed by atoms with Gasteiger partial charge in [0, 0.05) is 24.2 Å². The summed E-state index contributed by atoms with van der Waals surface area (Å²) in [7, 11) is 0. The average molecular weight is 397 g/mol. The van der Waals surface area contributed by atoms with Gasteiger partial charge in [-0.05, 0) is 49.9 Å². The lowest BCUT2D eigenvalue weighted by atomic mass is 10.0. The van der Waals surface area contributed by atoms with Crippen molar-refractivity contribution in [1.82, 2.24) is 19.9 Å². The van der Waals surface area contributed by atoms with Crippen LogP contribution in [0.3, 0.4) is 0 Å². The van der Waals surface area contributed by atoms with Crippen molar-refractivity contribution in [3.63, 3.8) is 0 Å². The third-order valence-corrected chi connectivity index (χ3v) is 5.12. The van der Waals surface area contributed by atoms with Crippen LogP contribution in [0.1, 0.15) is 58.8 Å². The van der Waals surface area contributed by atoms with Gasteiger partial charge in [0.05, 0.1) is 6.20 Å². The molecule has 1 saturated heterocycles. The summed E-state index contributed by atoms with van der Waals surface area (Å²) in [4.78, 5) is 27.7. The van der Waals surface area contributed by atoms with Gasteiger partial charge in [-0.15, -0.1) is 0 Å². The van der Waals surface area contributed by atoms with Gasteiger partial charge in [-0.3, -0.25) is 4.79 Å². The molecule has 3 aromatic rings. The predicted octanol–water partition coefficient (Wildman–Crippen LogP) is 4.38. The normalized spacial score (nSPS) is 16.9. The van der Waals surface area contributed by atoms with E-state index in [1.54, 1.807) is 25.4 Å². The third-order valence-electron chi connectivity index (χ3n) is 4.88. The minimum Gasteiger partial charge on any atom is -0.443 e. The topological polar surface area (TPSA) is 72.1 Å². The fourth-order valence-electron chi connectivity index (χ4n) is 3.56. The largest absolute Gasteiger partial charge is 0.443 e. The lowest BCUT2D eigenvalue weighted by molar-refractivity contribution is 0.0563. The summed E-state index contributed by atoms with van der Waals surface area (Å²) >= 11 is 6.06. The zero-order valence-electron chi connectivity index (χ0n) is 15.6. The van der Waals surface area contributed by atoms with Gasteiger partial charge in [0.15, 0.2) is 0 Å². The van der Waals surface area contributed by atoms with Crippen LogP contribution in [0.2, 0.25) is 5.02 Å². The summed E-state index contributed by atoms with van der Waals surface area (Å²) in [6.07, 6.45) is 6.78. The quantitative estimate of drug-likeness (QED) is 0.654. The number of carbonyl (C=O) groups is 1. The van der Waals surface area contributed by atoms with Gasteiger partial charge in [0.25, 0.3) is 5.91 Å². The lowest BCUT2D eigenvalue weighted by Gasteiger charge is -2.33. The van der Waals surface area contributed by atoms with E-state index in [4.69, 9.17) is 16.0 Å².